The molecule has 1 aliphatic carbocycles. The van der Waals surface area contributed by atoms with Crippen molar-refractivity contribution in [3.05, 3.63) is 35.3 Å². The van der Waals surface area contributed by atoms with Crippen molar-refractivity contribution in [2.45, 2.75) is 64.5 Å². The first-order chi connectivity index (χ1) is 13.2. The molecule has 0 aliphatic heterocycles. The number of nitrogens with one attached hydrogen (secondary N) is 3. The molecule has 1 aliphatic rings. The van der Waals surface area contributed by atoms with Gasteiger partial charge < -0.3 is 15.4 Å². The minimum atomic E-state index is -0.367. The van der Waals surface area contributed by atoms with Crippen LogP contribution in [0.2, 0.25) is 0 Å². The van der Waals surface area contributed by atoms with Crippen molar-refractivity contribution in [2.75, 3.05) is 5.32 Å². The maximum Gasteiger partial charge on any atom is 0.407 e. The summed E-state index contributed by atoms with van der Waals surface area (Å²) in [7, 11) is 0. The van der Waals surface area contributed by atoms with Crippen LogP contribution < -0.4 is 10.6 Å². The van der Waals surface area contributed by atoms with Crippen molar-refractivity contribution in [1.29, 1.82) is 5.26 Å². The topological polar surface area (TPSA) is 116 Å². The number of H-pyrrole nitrogens is 1. The lowest BCUT2D eigenvalue weighted by Gasteiger charge is -2.22. The van der Waals surface area contributed by atoms with Crippen molar-refractivity contribution < 1.29 is 9.53 Å². The van der Waals surface area contributed by atoms with Gasteiger partial charge in [0.05, 0.1) is 11.4 Å². The van der Waals surface area contributed by atoms with Crippen molar-refractivity contribution >= 4 is 17.6 Å². The number of rotatable bonds is 4. The molecule has 0 saturated heterocycles. The molecular formula is C20H26N6O2. The largest absolute Gasteiger partial charge is 0.446 e. The molecule has 3 rings (SSSR count). The number of aromatic amines is 1. The molecule has 28 heavy (non-hydrogen) atoms. The zero-order valence-electron chi connectivity index (χ0n) is 16.7. The van der Waals surface area contributed by atoms with Gasteiger partial charge in [0.15, 0.2) is 5.82 Å². The van der Waals surface area contributed by atoms with Crippen LogP contribution in [0.4, 0.5) is 16.3 Å². The molecule has 1 saturated carbocycles. The Bertz CT molecular complexity index is 893. The Balaban J connectivity index is 1.57. The number of aromatic nitrogens is 3. The van der Waals surface area contributed by atoms with E-state index in [2.05, 4.69) is 25.8 Å². The zero-order valence-corrected chi connectivity index (χ0v) is 16.7. The van der Waals surface area contributed by atoms with Crippen molar-refractivity contribution in [3.8, 4) is 6.07 Å². The summed E-state index contributed by atoms with van der Waals surface area (Å²) in [6.45, 7) is 7.63. The van der Waals surface area contributed by atoms with Gasteiger partial charge in [-0.25, -0.2) is 9.78 Å². The van der Waals surface area contributed by atoms with E-state index in [0.29, 0.717) is 11.5 Å². The predicted octanol–water partition coefficient (Wildman–Crippen LogP) is 3.89. The van der Waals surface area contributed by atoms with E-state index in [-0.39, 0.29) is 23.7 Å². The Morgan fingerprint density at radius 2 is 2.14 bits per heavy atom. The van der Waals surface area contributed by atoms with Crippen LogP contribution in [-0.4, -0.2) is 32.9 Å². The fraction of sp³-hybridized carbons (Fsp3) is 0.500. The van der Waals surface area contributed by atoms with Gasteiger partial charge >= 0.3 is 6.09 Å². The van der Waals surface area contributed by atoms with E-state index < -0.39 is 0 Å². The first-order valence-corrected chi connectivity index (χ1v) is 9.42. The number of nitrogens with zero attached hydrogens (tertiary/aromatic N) is 3. The van der Waals surface area contributed by atoms with Crippen LogP contribution in [0.3, 0.4) is 0 Å². The Labute approximate surface area is 164 Å². The van der Waals surface area contributed by atoms with Gasteiger partial charge in [-0.3, -0.25) is 5.10 Å². The van der Waals surface area contributed by atoms with Crippen molar-refractivity contribution in [1.82, 2.24) is 20.5 Å². The van der Waals surface area contributed by atoms with Gasteiger partial charge in [-0.2, -0.15) is 10.4 Å². The third-order valence-corrected chi connectivity index (χ3v) is 4.64. The number of aryl methyl sites for hydroxylation is 1. The van der Waals surface area contributed by atoms with E-state index >= 15 is 0 Å². The number of ether oxygens (including phenoxy) is 1. The van der Waals surface area contributed by atoms with Gasteiger partial charge in [0.25, 0.3) is 0 Å². The lowest BCUT2D eigenvalue weighted by atomic mass is 10.0. The molecule has 2 atom stereocenters. The van der Waals surface area contributed by atoms with Crippen LogP contribution in [0.15, 0.2) is 18.2 Å². The number of alkyl carbamates (subject to hydrolysis) is 1. The first kappa shape index (κ1) is 19.7. The van der Waals surface area contributed by atoms with E-state index in [1.807, 2.05) is 45.9 Å². The molecule has 0 bridgehead atoms. The molecule has 0 aromatic carbocycles. The van der Waals surface area contributed by atoms with Gasteiger partial charge in [-0.05, 0) is 59.1 Å². The molecule has 2 aromatic rings. The average Bonchev–Trinajstić information content (AvgIpc) is 3.24. The number of carbonyl (C=O) groups is 1. The van der Waals surface area contributed by atoms with Crippen LogP contribution in [0, 0.1) is 18.3 Å². The maximum absolute atomic E-state index is 12.0. The lowest BCUT2D eigenvalue weighted by Crippen LogP contribution is -2.42. The van der Waals surface area contributed by atoms with Gasteiger partial charge in [-0.1, -0.05) is 0 Å². The second-order valence-electron chi connectivity index (χ2n) is 8.19. The SMILES string of the molecule is Cc1nc(C#N)ccc1Nc1cc(C2CCC(OC(=O)NC(C)(C)C)C2)[nH]n1. The molecular weight excluding hydrogens is 356 g/mol. The molecule has 148 valence electrons. The molecule has 8 nitrogen and oxygen atoms in total. The molecule has 0 spiro atoms. The third kappa shape index (κ3) is 5.00. The number of amides is 1. The fourth-order valence-corrected chi connectivity index (χ4v) is 3.32. The summed E-state index contributed by atoms with van der Waals surface area (Å²) in [4.78, 5) is 16.2. The minimum absolute atomic E-state index is 0.0861. The summed E-state index contributed by atoms with van der Waals surface area (Å²) in [6, 6.07) is 7.49. The number of carbonyl (C=O) groups excluding carboxylic acids is 1. The van der Waals surface area contributed by atoms with Gasteiger partial charge in [-0.15, -0.1) is 0 Å². The number of anilines is 2. The Hall–Kier alpha value is -3.08. The number of hydrogen-bond acceptors (Lipinski definition) is 6. The quantitative estimate of drug-likeness (QED) is 0.739. The highest BCUT2D eigenvalue weighted by Gasteiger charge is 2.30. The number of pyridine rings is 1. The number of hydrogen-bond donors (Lipinski definition) is 3. The molecule has 8 heteroatoms. The second kappa shape index (κ2) is 7.89. The van der Waals surface area contributed by atoms with Gasteiger partial charge in [0.1, 0.15) is 17.9 Å². The molecule has 3 N–H and O–H groups in total. The first-order valence-electron chi connectivity index (χ1n) is 9.42. The Morgan fingerprint density at radius 3 is 2.82 bits per heavy atom. The molecule has 0 radical (unpaired) electrons. The molecule has 1 amide bonds. The summed E-state index contributed by atoms with van der Waals surface area (Å²) in [5.41, 5.74) is 2.64. The zero-order chi connectivity index (χ0) is 20.3. The van der Waals surface area contributed by atoms with E-state index in [1.54, 1.807) is 6.07 Å². The van der Waals surface area contributed by atoms with Crippen LogP contribution in [0.5, 0.6) is 0 Å². The van der Waals surface area contributed by atoms with Crippen molar-refractivity contribution in [2.24, 2.45) is 0 Å². The lowest BCUT2D eigenvalue weighted by molar-refractivity contribution is 0.0937. The highest BCUT2D eigenvalue weighted by molar-refractivity contribution is 5.68. The monoisotopic (exact) mass is 382 g/mol. The van der Waals surface area contributed by atoms with Gasteiger partial charge in [0.2, 0.25) is 0 Å². The Kier molecular flexibility index (Phi) is 5.54. The van der Waals surface area contributed by atoms with E-state index in [9.17, 15) is 4.79 Å². The molecule has 2 heterocycles. The standard InChI is InChI=1S/C20H26N6O2/c1-12-16(8-6-14(11-21)22-12)23-18-10-17(25-26-18)13-5-7-15(9-13)28-19(27)24-20(2,3)4/h6,8,10,13,15H,5,7,9H2,1-4H3,(H,24,27)(H2,23,25,26). The van der Waals surface area contributed by atoms with E-state index in [0.717, 1.165) is 36.3 Å². The average molecular weight is 382 g/mol. The van der Waals surface area contributed by atoms with E-state index in [1.165, 1.54) is 0 Å². The van der Waals surface area contributed by atoms with Crippen LogP contribution in [0.1, 0.15) is 63.0 Å². The number of nitriles is 1. The minimum Gasteiger partial charge on any atom is -0.446 e. The Morgan fingerprint density at radius 1 is 1.36 bits per heavy atom. The van der Waals surface area contributed by atoms with Crippen LogP contribution in [0.25, 0.3) is 0 Å². The summed E-state index contributed by atoms with van der Waals surface area (Å²) in [5.74, 6) is 0.968. The molecule has 2 unspecified atom stereocenters. The molecule has 2 aromatic heterocycles. The van der Waals surface area contributed by atoms with E-state index in [4.69, 9.17) is 10.00 Å². The van der Waals surface area contributed by atoms with Crippen LogP contribution in [-0.2, 0) is 4.74 Å². The summed E-state index contributed by atoms with van der Waals surface area (Å²) in [6.07, 6.45) is 2.09. The predicted molar refractivity (Wildman–Crippen MR) is 105 cm³/mol. The second-order valence-corrected chi connectivity index (χ2v) is 8.19. The van der Waals surface area contributed by atoms with Gasteiger partial charge in [0, 0.05) is 23.2 Å². The molecule has 1 fully saturated rings. The maximum atomic E-state index is 12.0. The van der Waals surface area contributed by atoms with Crippen molar-refractivity contribution in [3.63, 3.8) is 0 Å². The smallest absolute Gasteiger partial charge is 0.407 e. The normalized spacial score (nSPS) is 19.1. The summed E-state index contributed by atoms with van der Waals surface area (Å²) < 4.78 is 5.54. The third-order valence-electron chi connectivity index (χ3n) is 4.64. The fourth-order valence-electron chi connectivity index (χ4n) is 3.32. The highest BCUT2D eigenvalue weighted by Crippen LogP contribution is 2.36. The van der Waals surface area contributed by atoms with Crippen LogP contribution >= 0.6 is 0 Å². The highest BCUT2D eigenvalue weighted by atomic mass is 16.6. The summed E-state index contributed by atoms with van der Waals surface area (Å²) in [5, 5.41) is 22.4. The summed E-state index contributed by atoms with van der Waals surface area (Å²) >= 11 is 0.